The Labute approximate surface area is 113 Å². The molecule has 0 aliphatic heterocycles. The van der Waals surface area contributed by atoms with Crippen LogP contribution >= 0.6 is 0 Å². The number of hydrogen-bond donors (Lipinski definition) is 1. The van der Waals surface area contributed by atoms with Crippen molar-refractivity contribution in [3.8, 4) is 17.0 Å². The highest BCUT2D eigenvalue weighted by Gasteiger charge is 2.13. The lowest BCUT2D eigenvalue weighted by Gasteiger charge is -2.14. The molecule has 0 spiro atoms. The standard InChI is InChI=1S/C15H19N3O/c1-8-7-13(19-5)9(2)6-12(8)14-10(3)15(16)18-11(4)17-14/h6-7H,1-5H3,(H2,16,17,18). The maximum Gasteiger partial charge on any atom is 0.130 e. The molecule has 1 heterocycles. The minimum Gasteiger partial charge on any atom is -0.496 e. The molecule has 0 fully saturated rings. The van der Waals surface area contributed by atoms with Crippen molar-refractivity contribution in [2.45, 2.75) is 27.7 Å². The zero-order valence-corrected chi connectivity index (χ0v) is 12.0. The largest absolute Gasteiger partial charge is 0.496 e. The molecule has 4 heteroatoms. The van der Waals surface area contributed by atoms with E-state index in [1.54, 1.807) is 7.11 Å². The molecule has 0 aliphatic carbocycles. The van der Waals surface area contributed by atoms with E-state index in [-0.39, 0.29) is 0 Å². The van der Waals surface area contributed by atoms with Crippen LogP contribution < -0.4 is 10.5 Å². The number of methoxy groups -OCH3 is 1. The molecule has 2 aromatic rings. The lowest BCUT2D eigenvalue weighted by atomic mass is 9.99. The van der Waals surface area contributed by atoms with Crippen molar-refractivity contribution in [3.05, 3.63) is 34.6 Å². The second-order valence-corrected chi connectivity index (χ2v) is 4.77. The van der Waals surface area contributed by atoms with Crippen LogP contribution in [-0.4, -0.2) is 17.1 Å². The van der Waals surface area contributed by atoms with E-state index in [9.17, 15) is 0 Å². The summed E-state index contributed by atoms with van der Waals surface area (Å²) in [5.41, 5.74) is 11.0. The average Bonchev–Trinajstić information content (AvgIpc) is 2.36. The van der Waals surface area contributed by atoms with Crippen LogP contribution in [-0.2, 0) is 0 Å². The summed E-state index contributed by atoms with van der Waals surface area (Å²) in [7, 11) is 1.68. The van der Waals surface area contributed by atoms with E-state index in [0.29, 0.717) is 11.6 Å². The van der Waals surface area contributed by atoms with Gasteiger partial charge in [-0.1, -0.05) is 0 Å². The molecule has 0 atom stereocenters. The molecular formula is C15H19N3O. The second kappa shape index (κ2) is 4.88. The summed E-state index contributed by atoms with van der Waals surface area (Å²) in [6.45, 7) is 7.87. The maximum absolute atomic E-state index is 5.93. The van der Waals surface area contributed by atoms with Gasteiger partial charge in [-0.15, -0.1) is 0 Å². The Kier molecular flexibility index (Phi) is 3.42. The Hall–Kier alpha value is -2.10. The van der Waals surface area contributed by atoms with Crippen molar-refractivity contribution in [2.75, 3.05) is 12.8 Å². The first-order chi connectivity index (χ1) is 8.93. The van der Waals surface area contributed by atoms with E-state index < -0.39 is 0 Å². The van der Waals surface area contributed by atoms with Crippen LogP contribution in [0.5, 0.6) is 5.75 Å². The van der Waals surface area contributed by atoms with Crippen molar-refractivity contribution in [1.82, 2.24) is 9.97 Å². The first kappa shape index (κ1) is 13.3. The highest BCUT2D eigenvalue weighted by molar-refractivity contribution is 5.72. The zero-order chi connectivity index (χ0) is 14.2. The third kappa shape index (κ3) is 2.38. The zero-order valence-electron chi connectivity index (χ0n) is 12.0. The monoisotopic (exact) mass is 257 g/mol. The minimum absolute atomic E-state index is 0.537. The number of rotatable bonds is 2. The Bertz CT molecular complexity index is 636. The van der Waals surface area contributed by atoms with Crippen LogP contribution in [0.1, 0.15) is 22.5 Å². The number of benzene rings is 1. The number of aromatic nitrogens is 2. The average molecular weight is 257 g/mol. The van der Waals surface area contributed by atoms with Crippen molar-refractivity contribution in [3.63, 3.8) is 0 Å². The highest BCUT2D eigenvalue weighted by atomic mass is 16.5. The van der Waals surface area contributed by atoms with Crippen molar-refractivity contribution >= 4 is 5.82 Å². The number of nitrogen functional groups attached to an aromatic ring is 1. The molecule has 2 N–H and O–H groups in total. The molecule has 4 nitrogen and oxygen atoms in total. The predicted octanol–water partition coefficient (Wildman–Crippen LogP) is 2.97. The Morgan fingerprint density at radius 2 is 1.68 bits per heavy atom. The van der Waals surface area contributed by atoms with Crippen LogP contribution in [0.15, 0.2) is 12.1 Å². The summed E-state index contributed by atoms with van der Waals surface area (Å²) >= 11 is 0. The SMILES string of the molecule is COc1cc(C)c(-c2nc(C)nc(N)c2C)cc1C. The number of aryl methyl sites for hydroxylation is 3. The molecule has 0 amide bonds. The first-order valence-corrected chi connectivity index (χ1v) is 6.20. The van der Waals surface area contributed by atoms with Crippen LogP contribution in [0.2, 0.25) is 0 Å². The summed E-state index contributed by atoms with van der Waals surface area (Å²) in [4.78, 5) is 8.72. The van der Waals surface area contributed by atoms with E-state index in [1.165, 1.54) is 0 Å². The summed E-state index contributed by atoms with van der Waals surface area (Å²) in [6, 6.07) is 4.11. The van der Waals surface area contributed by atoms with Crippen molar-refractivity contribution < 1.29 is 4.74 Å². The van der Waals surface area contributed by atoms with Crippen LogP contribution in [0, 0.1) is 27.7 Å². The van der Waals surface area contributed by atoms with E-state index in [2.05, 4.69) is 16.0 Å². The van der Waals surface area contributed by atoms with Crippen molar-refractivity contribution in [2.24, 2.45) is 0 Å². The normalized spacial score (nSPS) is 10.6. The Balaban J connectivity index is 2.69. The summed E-state index contributed by atoms with van der Waals surface area (Å²) in [6.07, 6.45) is 0. The lowest BCUT2D eigenvalue weighted by Crippen LogP contribution is -2.03. The fourth-order valence-corrected chi connectivity index (χ4v) is 2.18. The summed E-state index contributed by atoms with van der Waals surface area (Å²) in [5.74, 6) is 2.11. The van der Waals surface area contributed by atoms with Crippen molar-refractivity contribution in [1.29, 1.82) is 0 Å². The molecule has 0 saturated carbocycles. The predicted molar refractivity (Wildman–Crippen MR) is 77.4 cm³/mol. The van der Waals surface area contributed by atoms with E-state index >= 15 is 0 Å². The molecule has 0 bridgehead atoms. The summed E-state index contributed by atoms with van der Waals surface area (Å²) < 4.78 is 5.34. The maximum atomic E-state index is 5.93. The van der Waals surface area contributed by atoms with Gasteiger partial charge in [0.25, 0.3) is 0 Å². The highest BCUT2D eigenvalue weighted by Crippen LogP contribution is 2.31. The topological polar surface area (TPSA) is 61.0 Å². The third-order valence-corrected chi connectivity index (χ3v) is 3.29. The summed E-state index contributed by atoms with van der Waals surface area (Å²) in [5, 5.41) is 0. The van der Waals surface area contributed by atoms with E-state index in [4.69, 9.17) is 10.5 Å². The molecule has 2 rings (SSSR count). The molecule has 19 heavy (non-hydrogen) atoms. The fraction of sp³-hybridized carbons (Fsp3) is 0.333. The molecule has 0 unspecified atom stereocenters. The molecule has 100 valence electrons. The number of nitrogens with two attached hydrogens (primary N) is 1. The molecular weight excluding hydrogens is 238 g/mol. The van der Waals surface area contributed by atoms with Gasteiger partial charge in [0.15, 0.2) is 0 Å². The van der Waals surface area contributed by atoms with Gasteiger partial charge in [-0.2, -0.15) is 0 Å². The van der Waals surface area contributed by atoms with Gasteiger partial charge in [-0.25, -0.2) is 9.97 Å². The van der Waals surface area contributed by atoms with Gasteiger partial charge in [0.1, 0.15) is 17.4 Å². The van der Waals surface area contributed by atoms with Gasteiger partial charge < -0.3 is 10.5 Å². The third-order valence-electron chi connectivity index (χ3n) is 3.29. The van der Waals surface area contributed by atoms with E-state index in [1.807, 2.05) is 33.8 Å². The van der Waals surface area contributed by atoms with Gasteiger partial charge >= 0.3 is 0 Å². The van der Waals surface area contributed by atoms with Crippen LogP contribution in [0.25, 0.3) is 11.3 Å². The van der Waals surface area contributed by atoms with Crippen LogP contribution in [0.3, 0.4) is 0 Å². The van der Waals surface area contributed by atoms with E-state index in [0.717, 1.165) is 33.7 Å². The van der Waals surface area contributed by atoms with Crippen LogP contribution in [0.4, 0.5) is 5.82 Å². The van der Waals surface area contributed by atoms with Gasteiger partial charge in [0.2, 0.25) is 0 Å². The molecule has 0 aliphatic rings. The Morgan fingerprint density at radius 1 is 1.00 bits per heavy atom. The fourth-order valence-electron chi connectivity index (χ4n) is 2.18. The number of anilines is 1. The smallest absolute Gasteiger partial charge is 0.130 e. The molecule has 1 aromatic carbocycles. The molecule has 0 saturated heterocycles. The molecule has 0 radical (unpaired) electrons. The molecule has 1 aromatic heterocycles. The van der Waals surface area contributed by atoms with Gasteiger partial charge in [0, 0.05) is 11.1 Å². The number of nitrogens with zero attached hydrogens (tertiary/aromatic N) is 2. The van der Waals surface area contributed by atoms with Gasteiger partial charge in [0.05, 0.1) is 12.8 Å². The van der Waals surface area contributed by atoms with Gasteiger partial charge in [-0.05, 0) is 51.0 Å². The number of ether oxygens (including phenoxy) is 1. The lowest BCUT2D eigenvalue weighted by molar-refractivity contribution is 0.411. The Morgan fingerprint density at radius 3 is 2.32 bits per heavy atom. The quantitative estimate of drug-likeness (QED) is 0.898. The minimum atomic E-state index is 0.537. The second-order valence-electron chi connectivity index (χ2n) is 4.77. The number of hydrogen-bond acceptors (Lipinski definition) is 4. The first-order valence-electron chi connectivity index (χ1n) is 6.20. The van der Waals surface area contributed by atoms with Gasteiger partial charge in [-0.3, -0.25) is 0 Å².